The minimum Gasteiger partial charge on any atom is -0.480 e. The fourth-order valence-electron chi connectivity index (χ4n) is 2.51. The molecule has 0 bridgehead atoms. The first-order valence-corrected chi connectivity index (χ1v) is 7.90. The molecule has 21 heavy (non-hydrogen) atoms. The highest BCUT2D eigenvalue weighted by Crippen LogP contribution is 2.29. The first-order valence-electron chi connectivity index (χ1n) is 7.08. The zero-order valence-electron chi connectivity index (χ0n) is 12.5. The van der Waals surface area contributed by atoms with E-state index >= 15 is 0 Å². The number of carboxylic acid groups (broad SMARTS) is 1. The van der Waals surface area contributed by atoms with E-state index in [0.717, 1.165) is 11.4 Å². The third kappa shape index (κ3) is 3.24. The summed E-state index contributed by atoms with van der Waals surface area (Å²) in [6, 6.07) is -0.716. The van der Waals surface area contributed by atoms with Crippen LogP contribution in [0, 0.1) is 6.92 Å². The summed E-state index contributed by atoms with van der Waals surface area (Å²) in [6.45, 7) is 6.65. The Morgan fingerprint density at radius 1 is 1.57 bits per heavy atom. The van der Waals surface area contributed by atoms with Crippen LogP contribution in [-0.2, 0) is 9.53 Å². The van der Waals surface area contributed by atoms with Crippen molar-refractivity contribution in [2.24, 2.45) is 0 Å². The molecule has 2 atom stereocenters. The molecule has 1 amide bonds. The lowest BCUT2D eigenvalue weighted by molar-refractivity contribution is -0.141. The zero-order chi connectivity index (χ0) is 15.6. The number of hydrogen-bond acceptors (Lipinski definition) is 5. The van der Waals surface area contributed by atoms with Crippen molar-refractivity contribution < 1.29 is 19.4 Å². The molecule has 1 N–H and O–H groups in total. The number of rotatable bonds is 5. The van der Waals surface area contributed by atoms with E-state index in [2.05, 4.69) is 4.98 Å². The molecular formula is C14H20N2O4S. The molecule has 0 spiro atoms. The molecule has 1 fully saturated rings. The second kappa shape index (κ2) is 6.53. The topological polar surface area (TPSA) is 79.7 Å². The number of carbonyl (C=O) groups is 2. The molecule has 2 heterocycles. The minimum atomic E-state index is -0.939. The van der Waals surface area contributed by atoms with Gasteiger partial charge in [-0.05, 0) is 33.6 Å². The Hall–Kier alpha value is -1.47. The number of nitrogens with zero attached hydrogens (tertiary/aromatic N) is 2. The fourth-order valence-corrected chi connectivity index (χ4v) is 3.53. The molecule has 0 saturated carbocycles. The van der Waals surface area contributed by atoms with Gasteiger partial charge in [0.1, 0.15) is 22.0 Å². The Bertz CT molecular complexity index is 543. The Balaban J connectivity index is 2.21. The van der Waals surface area contributed by atoms with Crippen molar-refractivity contribution in [2.45, 2.75) is 45.8 Å². The minimum absolute atomic E-state index is 0.158. The van der Waals surface area contributed by atoms with Crippen molar-refractivity contribution in [1.29, 1.82) is 0 Å². The third-order valence-corrected chi connectivity index (χ3v) is 4.88. The molecule has 2 rings (SSSR count). The van der Waals surface area contributed by atoms with Crippen LogP contribution in [0.3, 0.4) is 0 Å². The van der Waals surface area contributed by atoms with Gasteiger partial charge in [-0.25, -0.2) is 9.78 Å². The maximum atomic E-state index is 12.6. The van der Waals surface area contributed by atoms with E-state index in [4.69, 9.17) is 4.74 Å². The number of aliphatic carboxylic acids is 1. The van der Waals surface area contributed by atoms with Crippen LogP contribution in [-0.4, -0.2) is 46.1 Å². The second-order valence-corrected chi connectivity index (χ2v) is 6.09. The summed E-state index contributed by atoms with van der Waals surface area (Å²) in [4.78, 5) is 30.1. The van der Waals surface area contributed by atoms with Crippen LogP contribution in [0.2, 0.25) is 0 Å². The van der Waals surface area contributed by atoms with Crippen molar-refractivity contribution in [3.05, 3.63) is 15.6 Å². The summed E-state index contributed by atoms with van der Waals surface area (Å²) < 4.78 is 5.49. The number of thiazole rings is 1. The van der Waals surface area contributed by atoms with Crippen molar-refractivity contribution in [3.8, 4) is 0 Å². The van der Waals surface area contributed by atoms with E-state index in [-0.39, 0.29) is 12.0 Å². The molecule has 6 nitrogen and oxygen atoms in total. The number of carbonyl (C=O) groups excluding carboxylic acids is 1. The molecule has 0 radical (unpaired) electrons. The van der Waals surface area contributed by atoms with E-state index in [1.165, 1.54) is 16.2 Å². The highest BCUT2D eigenvalue weighted by Gasteiger charge is 2.36. The lowest BCUT2D eigenvalue weighted by Crippen LogP contribution is -2.40. The predicted molar refractivity (Wildman–Crippen MR) is 78.6 cm³/mol. The van der Waals surface area contributed by atoms with Gasteiger partial charge < -0.3 is 14.7 Å². The van der Waals surface area contributed by atoms with Gasteiger partial charge in [0.2, 0.25) is 0 Å². The largest absolute Gasteiger partial charge is 0.480 e. The van der Waals surface area contributed by atoms with Gasteiger partial charge in [0, 0.05) is 13.2 Å². The Kier molecular flexibility index (Phi) is 4.95. The van der Waals surface area contributed by atoms with Crippen LogP contribution in [0.25, 0.3) is 0 Å². The summed E-state index contributed by atoms with van der Waals surface area (Å²) in [6.07, 6.45) is 1.08. The molecule has 1 aromatic rings. The Morgan fingerprint density at radius 2 is 2.29 bits per heavy atom. The SMILES string of the molecule is CCO[C@H](C)c1nc(C)c(C(=O)N2CCC[C@H]2C(=O)O)s1. The third-order valence-electron chi connectivity index (χ3n) is 3.57. The standard InChI is InChI=1S/C14H20N2O4S/c1-4-20-9(3)12-15-8(2)11(21-12)13(17)16-7-5-6-10(16)14(18)19/h9-10H,4-7H2,1-3H3,(H,18,19)/t9-,10+/m1/s1. The van der Waals surface area contributed by atoms with Crippen molar-refractivity contribution in [1.82, 2.24) is 9.88 Å². The Morgan fingerprint density at radius 3 is 2.90 bits per heavy atom. The number of aryl methyl sites for hydroxylation is 1. The number of hydrogen-bond donors (Lipinski definition) is 1. The zero-order valence-corrected chi connectivity index (χ0v) is 13.3. The molecule has 1 aliphatic heterocycles. The molecule has 116 valence electrons. The van der Waals surface area contributed by atoms with Gasteiger partial charge >= 0.3 is 5.97 Å². The van der Waals surface area contributed by atoms with Gasteiger partial charge in [0.15, 0.2) is 0 Å². The molecule has 0 aliphatic carbocycles. The molecule has 1 aromatic heterocycles. The monoisotopic (exact) mass is 312 g/mol. The van der Waals surface area contributed by atoms with Crippen molar-refractivity contribution >= 4 is 23.2 Å². The summed E-state index contributed by atoms with van der Waals surface area (Å²) in [5.41, 5.74) is 0.641. The number of likely N-dealkylation sites (tertiary alicyclic amines) is 1. The Labute approximate surface area is 127 Å². The van der Waals surface area contributed by atoms with E-state index < -0.39 is 12.0 Å². The number of amides is 1. The van der Waals surface area contributed by atoms with Gasteiger partial charge in [0.25, 0.3) is 5.91 Å². The summed E-state index contributed by atoms with van der Waals surface area (Å²) >= 11 is 1.30. The molecule has 7 heteroatoms. The smallest absolute Gasteiger partial charge is 0.326 e. The summed E-state index contributed by atoms with van der Waals surface area (Å²) in [5.74, 6) is -1.17. The van der Waals surface area contributed by atoms with Gasteiger partial charge in [-0.15, -0.1) is 11.3 Å². The number of carboxylic acids is 1. The highest BCUT2D eigenvalue weighted by molar-refractivity contribution is 7.13. The van der Waals surface area contributed by atoms with Crippen molar-refractivity contribution in [2.75, 3.05) is 13.2 Å². The molecule has 1 saturated heterocycles. The van der Waals surface area contributed by atoms with Crippen LogP contribution >= 0.6 is 11.3 Å². The van der Waals surface area contributed by atoms with Gasteiger partial charge in [0.05, 0.1) is 5.69 Å². The number of aromatic nitrogens is 1. The second-order valence-electron chi connectivity index (χ2n) is 5.06. The quantitative estimate of drug-likeness (QED) is 0.902. The van der Waals surface area contributed by atoms with Gasteiger partial charge in [-0.2, -0.15) is 0 Å². The lowest BCUT2D eigenvalue weighted by atomic mass is 10.2. The van der Waals surface area contributed by atoms with Crippen LogP contribution in [0.5, 0.6) is 0 Å². The molecule has 1 aliphatic rings. The van der Waals surface area contributed by atoms with Crippen LogP contribution in [0.4, 0.5) is 0 Å². The first kappa shape index (κ1) is 15.9. The van der Waals surface area contributed by atoms with E-state index in [1.54, 1.807) is 6.92 Å². The van der Waals surface area contributed by atoms with Crippen molar-refractivity contribution in [3.63, 3.8) is 0 Å². The summed E-state index contributed by atoms with van der Waals surface area (Å²) in [5, 5.41) is 9.94. The lowest BCUT2D eigenvalue weighted by Gasteiger charge is -2.20. The molecule has 0 aromatic carbocycles. The maximum Gasteiger partial charge on any atom is 0.326 e. The van der Waals surface area contributed by atoms with Gasteiger partial charge in [-0.3, -0.25) is 4.79 Å². The maximum absolute atomic E-state index is 12.6. The predicted octanol–water partition coefficient (Wildman–Crippen LogP) is 2.24. The van der Waals surface area contributed by atoms with Gasteiger partial charge in [-0.1, -0.05) is 0 Å². The van der Waals surface area contributed by atoms with E-state index in [9.17, 15) is 14.7 Å². The normalized spacial score (nSPS) is 19.8. The first-order chi connectivity index (χ1) is 9.95. The van der Waals surface area contributed by atoms with E-state index in [0.29, 0.717) is 30.1 Å². The van der Waals surface area contributed by atoms with Crippen LogP contribution in [0.1, 0.15) is 53.2 Å². The highest BCUT2D eigenvalue weighted by atomic mass is 32.1. The molecular weight excluding hydrogens is 292 g/mol. The average molecular weight is 312 g/mol. The van der Waals surface area contributed by atoms with E-state index in [1.807, 2.05) is 13.8 Å². The number of ether oxygens (including phenoxy) is 1. The summed E-state index contributed by atoms with van der Waals surface area (Å²) in [7, 11) is 0. The average Bonchev–Trinajstić information content (AvgIpc) is 3.04. The van der Waals surface area contributed by atoms with Crippen LogP contribution < -0.4 is 0 Å². The van der Waals surface area contributed by atoms with Crippen LogP contribution in [0.15, 0.2) is 0 Å². The molecule has 0 unspecified atom stereocenters. The fraction of sp³-hybridized carbons (Fsp3) is 0.643.